The first kappa shape index (κ1) is 27.4. The molecule has 0 spiro atoms. The largest absolute Gasteiger partial charge is 0.344 e. The van der Waals surface area contributed by atoms with E-state index in [-0.39, 0.29) is 27.2 Å². The molecule has 4 heavy (non-hydrogen) atoms. The Balaban J connectivity index is -0.00000000500. The minimum atomic E-state index is 0. The maximum atomic E-state index is 8.00. The molecule has 3 heteroatoms. The van der Waals surface area contributed by atoms with Gasteiger partial charge in [0, 0.05) is 21.1 Å². The molecular formula is CH5MoNO. The van der Waals surface area contributed by atoms with Gasteiger partial charge in [0.1, 0.15) is 6.79 Å². The van der Waals surface area contributed by atoms with E-state index in [0.717, 1.165) is 0 Å². The number of hydrogen-bond acceptors (Lipinski definition) is 2. The third kappa shape index (κ3) is 39.8. The second kappa shape index (κ2) is 176. The molecule has 0 saturated heterocycles. The first-order chi connectivity index (χ1) is 1.00. The molecule has 0 aromatic heterocycles. The average molecular weight is 143 g/mol. The number of carbonyl (C=O) groups is 1. The van der Waals surface area contributed by atoms with Crippen molar-refractivity contribution in [1.29, 1.82) is 0 Å². The fraction of sp³-hybridized carbons (Fsp3) is 0. The zero-order valence-corrected chi connectivity index (χ0v) is 4.24. The predicted molar refractivity (Wildman–Crippen MR) is 12.1 cm³/mol. The predicted octanol–water partition coefficient (Wildman–Crippen LogP) is -0.0254. The molecule has 0 bridgehead atoms. The standard InChI is InChI=1S/CH2O.Mo.H3N/c1-2;;/h1H2;;1H3. The summed E-state index contributed by atoms with van der Waals surface area (Å²) in [6, 6.07) is 0. The Bertz CT molecular complexity index is 8.00. The fourth-order valence-corrected chi connectivity index (χ4v) is 0. The van der Waals surface area contributed by atoms with E-state index in [1.165, 1.54) is 0 Å². The van der Waals surface area contributed by atoms with E-state index in [9.17, 15) is 0 Å². The van der Waals surface area contributed by atoms with Crippen molar-refractivity contribution in [1.82, 2.24) is 6.15 Å². The van der Waals surface area contributed by atoms with E-state index in [1.54, 1.807) is 0 Å². The minimum absolute atomic E-state index is 0. The Hall–Kier alpha value is 0.318. The summed E-state index contributed by atoms with van der Waals surface area (Å²) in [4.78, 5) is 8.00. The molecule has 0 saturated carbocycles. The van der Waals surface area contributed by atoms with Crippen molar-refractivity contribution in [2.75, 3.05) is 0 Å². The number of hydrogen-bond donors (Lipinski definition) is 1. The summed E-state index contributed by atoms with van der Waals surface area (Å²) < 4.78 is 0. The third-order valence-corrected chi connectivity index (χ3v) is 0. The van der Waals surface area contributed by atoms with Crippen LogP contribution in [0, 0.1) is 0 Å². The van der Waals surface area contributed by atoms with Gasteiger partial charge in [0.25, 0.3) is 0 Å². The second-order valence-corrected chi connectivity index (χ2v) is 0. The average Bonchev–Trinajstić information content (AvgIpc) is 1.00. The van der Waals surface area contributed by atoms with Crippen LogP contribution in [0.3, 0.4) is 0 Å². The van der Waals surface area contributed by atoms with Gasteiger partial charge in [-0.15, -0.1) is 0 Å². The molecule has 26 valence electrons. The van der Waals surface area contributed by atoms with E-state index in [0.29, 0.717) is 0 Å². The summed E-state index contributed by atoms with van der Waals surface area (Å²) in [6.45, 7) is 2.00. The summed E-state index contributed by atoms with van der Waals surface area (Å²) in [6.07, 6.45) is 0. The van der Waals surface area contributed by atoms with Gasteiger partial charge in [-0.3, -0.25) is 0 Å². The zero-order valence-electron chi connectivity index (χ0n) is 2.23. The van der Waals surface area contributed by atoms with Crippen molar-refractivity contribution in [3.8, 4) is 0 Å². The molecule has 3 N–H and O–H groups in total. The van der Waals surface area contributed by atoms with Crippen molar-refractivity contribution < 1.29 is 25.9 Å². The van der Waals surface area contributed by atoms with Crippen LogP contribution in [-0.2, 0) is 25.9 Å². The van der Waals surface area contributed by atoms with E-state index in [1.807, 2.05) is 6.79 Å². The molecule has 0 heterocycles. The Morgan fingerprint density at radius 1 is 1.25 bits per heavy atom. The monoisotopic (exact) mass is 145 g/mol. The summed E-state index contributed by atoms with van der Waals surface area (Å²) in [5.74, 6) is 0. The van der Waals surface area contributed by atoms with Gasteiger partial charge < -0.3 is 10.9 Å². The molecule has 0 fully saturated rings. The van der Waals surface area contributed by atoms with Crippen LogP contribution >= 0.6 is 0 Å². The minimum Gasteiger partial charge on any atom is -0.344 e. The van der Waals surface area contributed by atoms with Crippen molar-refractivity contribution in [2.45, 2.75) is 0 Å². The van der Waals surface area contributed by atoms with Gasteiger partial charge in [-0.05, 0) is 0 Å². The Labute approximate surface area is 39.4 Å². The molecule has 0 aromatic rings. The van der Waals surface area contributed by atoms with Crippen LogP contribution in [0.5, 0.6) is 0 Å². The summed E-state index contributed by atoms with van der Waals surface area (Å²) in [7, 11) is 0. The number of carbonyl (C=O) groups excluding carboxylic acids is 1. The molecule has 0 aromatic carbocycles. The molecule has 2 nitrogen and oxygen atoms in total. The summed E-state index contributed by atoms with van der Waals surface area (Å²) in [5, 5.41) is 0. The van der Waals surface area contributed by atoms with Gasteiger partial charge in [0.05, 0.1) is 0 Å². The Morgan fingerprint density at radius 2 is 1.25 bits per heavy atom. The van der Waals surface area contributed by atoms with E-state index in [2.05, 4.69) is 0 Å². The van der Waals surface area contributed by atoms with Crippen molar-refractivity contribution in [3.63, 3.8) is 0 Å². The normalized spacial score (nSPS) is 1.00. The van der Waals surface area contributed by atoms with Crippen LogP contribution in [0.2, 0.25) is 0 Å². The third-order valence-electron chi connectivity index (χ3n) is 0. The Kier molecular flexibility index (Phi) is 1200. The smallest absolute Gasteiger partial charge is 0.106 e. The maximum absolute atomic E-state index is 8.00. The van der Waals surface area contributed by atoms with Crippen LogP contribution < -0.4 is 6.15 Å². The SMILES string of the molecule is C=O.N.[Mo]. The van der Waals surface area contributed by atoms with Gasteiger partial charge in [-0.1, -0.05) is 0 Å². The first-order valence-corrected chi connectivity index (χ1v) is 0.289. The molecule has 0 aliphatic carbocycles. The number of rotatable bonds is 0. The Morgan fingerprint density at radius 3 is 1.25 bits per heavy atom. The fourth-order valence-electron chi connectivity index (χ4n) is 0. The van der Waals surface area contributed by atoms with Crippen molar-refractivity contribution in [3.05, 3.63) is 0 Å². The van der Waals surface area contributed by atoms with Gasteiger partial charge >= 0.3 is 0 Å². The molecule has 0 aliphatic heterocycles. The molecule has 0 atom stereocenters. The molecule has 0 unspecified atom stereocenters. The van der Waals surface area contributed by atoms with Gasteiger partial charge in [-0.2, -0.15) is 0 Å². The van der Waals surface area contributed by atoms with Crippen LogP contribution in [0.15, 0.2) is 0 Å². The van der Waals surface area contributed by atoms with Crippen LogP contribution in [0.1, 0.15) is 0 Å². The van der Waals surface area contributed by atoms with E-state index < -0.39 is 0 Å². The van der Waals surface area contributed by atoms with E-state index in [4.69, 9.17) is 4.79 Å². The van der Waals surface area contributed by atoms with Crippen LogP contribution in [-0.4, -0.2) is 6.79 Å². The summed E-state index contributed by atoms with van der Waals surface area (Å²) >= 11 is 0. The molecule has 0 aliphatic rings. The van der Waals surface area contributed by atoms with Crippen LogP contribution in [0.4, 0.5) is 0 Å². The van der Waals surface area contributed by atoms with Gasteiger partial charge in [0.2, 0.25) is 0 Å². The van der Waals surface area contributed by atoms with Gasteiger partial charge in [0.15, 0.2) is 0 Å². The molecule has 0 radical (unpaired) electrons. The quantitative estimate of drug-likeness (QED) is 0.484. The van der Waals surface area contributed by atoms with Crippen LogP contribution in [0.25, 0.3) is 0 Å². The second-order valence-electron chi connectivity index (χ2n) is 0. The zero-order chi connectivity index (χ0) is 2.00. The molecular weight excluding hydrogens is 138 g/mol. The van der Waals surface area contributed by atoms with Crippen molar-refractivity contribution >= 4 is 6.79 Å². The van der Waals surface area contributed by atoms with Gasteiger partial charge in [-0.25, -0.2) is 0 Å². The summed E-state index contributed by atoms with van der Waals surface area (Å²) in [5.41, 5.74) is 0. The first-order valence-electron chi connectivity index (χ1n) is 0.289. The van der Waals surface area contributed by atoms with E-state index >= 15 is 0 Å². The molecule has 0 amide bonds. The van der Waals surface area contributed by atoms with Crippen molar-refractivity contribution in [2.24, 2.45) is 0 Å². The maximum Gasteiger partial charge on any atom is 0.106 e. The topological polar surface area (TPSA) is 52.1 Å². The molecule has 0 rings (SSSR count).